The quantitative estimate of drug-likeness (QED) is 0.848. The predicted octanol–water partition coefficient (Wildman–Crippen LogP) is 4.48. The molecule has 1 N–H and O–H groups in total. The molecular weight excluding hydrogens is 301 g/mol. The summed E-state index contributed by atoms with van der Waals surface area (Å²) in [4.78, 5) is 12.4. The average Bonchev–Trinajstić information content (AvgIpc) is 2.53. The third-order valence-electron chi connectivity index (χ3n) is 6.94. The number of nitrogens with one attached hydrogen (secondary N) is 1. The molecule has 4 fully saturated rings. The van der Waals surface area contributed by atoms with Crippen molar-refractivity contribution < 1.29 is 9.18 Å². The lowest BCUT2D eigenvalue weighted by atomic mass is 9.48. The SMILES string of the molecule is CC(NC(=O)CCc1ccc(F)cc1)C12CC3CC(CC(C3)C1)C2. The fraction of sp³-hybridized carbons (Fsp3) is 0.667. The summed E-state index contributed by atoms with van der Waals surface area (Å²) >= 11 is 0. The van der Waals surface area contributed by atoms with E-state index in [0.29, 0.717) is 18.3 Å². The number of carbonyl (C=O) groups excluding carboxylic acids is 1. The molecule has 1 aromatic carbocycles. The second kappa shape index (κ2) is 6.16. The molecule has 4 aliphatic carbocycles. The highest BCUT2D eigenvalue weighted by atomic mass is 19.1. The molecule has 0 radical (unpaired) electrons. The molecule has 5 rings (SSSR count). The van der Waals surface area contributed by atoms with Crippen LogP contribution in [0.3, 0.4) is 0 Å². The fourth-order valence-electron chi connectivity index (χ4n) is 6.08. The highest BCUT2D eigenvalue weighted by Crippen LogP contribution is 2.61. The number of carbonyl (C=O) groups is 1. The summed E-state index contributed by atoms with van der Waals surface area (Å²) in [6.07, 6.45) is 9.43. The highest BCUT2D eigenvalue weighted by molar-refractivity contribution is 5.76. The third kappa shape index (κ3) is 3.10. The van der Waals surface area contributed by atoms with E-state index in [9.17, 15) is 9.18 Å². The number of hydrogen-bond donors (Lipinski definition) is 1. The van der Waals surface area contributed by atoms with E-state index in [2.05, 4.69) is 12.2 Å². The first kappa shape index (κ1) is 16.1. The number of amides is 1. The zero-order valence-corrected chi connectivity index (χ0v) is 14.6. The summed E-state index contributed by atoms with van der Waals surface area (Å²) in [5, 5.41) is 3.31. The molecule has 2 nitrogen and oxygen atoms in total. The van der Waals surface area contributed by atoms with Crippen LogP contribution >= 0.6 is 0 Å². The van der Waals surface area contributed by atoms with E-state index in [1.54, 1.807) is 12.1 Å². The summed E-state index contributed by atoms with van der Waals surface area (Å²) in [6.45, 7) is 2.23. The molecule has 130 valence electrons. The van der Waals surface area contributed by atoms with E-state index >= 15 is 0 Å². The van der Waals surface area contributed by atoms with Gasteiger partial charge in [0.2, 0.25) is 5.91 Å². The summed E-state index contributed by atoms with van der Waals surface area (Å²) in [5.41, 5.74) is 1.38. The first-order valence-electron chi connectivity index (χ1n) is 9.56. The van der Waals surface area contributed by atoms with Crippen LogP contribution in [-0.2, 0) is 11.2 Å². The van der Waals surface area contributed by atoms with Gasteiger partial charge in [0.05, 0.1) is 0 Å². The standard InChI is InChI=1S/C21H28FNO/c1-14(21-11-16-8-17(12-21)10-18(9-16)13-21)23-20(24)7-4-15-2-5-19(22)6-3-15/h2-3,5-6,14,16-18H,4,7-13H2,1H3,(H,23,24). The number of rotatable bonds is 5. The Bertz CT molecular complexity index is 573. The molecule has 0 aliphatic heterocycles. The van der Waals surface area contributed by atoms with Gasteiger partial charge in [-0.3, -0.25) is 4.79 Å². The van der Waals surface area contributed by atoms with Crippen LogP contribution in [0.2, 0.25) is 0 Å². The minimum absolute atomic E-state index is 0.141. The maximum atomic E-state index is 12.9. The van der Waals surface area contributed by atoms with Crippen molar-refractivity contribution in [2.24, 2.45) is 23.2 Å². The fourth-order valence-corrected chi connectivity index (χ4v) is 6.08. The van der Waals surface area contributed by atoms with Crippen molar-refractivity contribution in [1.29, 1.82) is 0 Å². The molecule has 1 unspecified atom stereocenters. The maximum absolute atomic E-state index is 12.9. The van der Waals surface area contributed by atoms with Crippen LogP contribution in [0.15, 0.2) is 24.3 Å². The lowest BCUT2D eigenvalue weighted by molar-refractivity contribution is -0.125. The predicted molar refractivity (Wildman–Crippen MR) is 92.9 cm³/mol. The Balaban J connectivity index is 1.33. The number of aryl methyl sites for hydroxylation is 1. The Morgan fingerprint density at radius 2 is 1.67 bits per heavy atom. The average molecular weight is 329 g/mol. The molecule has 24 heavy (non-hydrogen) atoms. The van der Waals surface area contributed by atoms with E-state index in [0.717, 1.165) is 23.3 Å². The van der Waals surface area contributed by atoms with Crippen molar-refractivity contribution in [3.63, 3.8) is 0 Å². The highest BCUT2D eigenvalue weighted by Gasteiger charge is 2.53. The van der Waals surface area contributed by atoms with Crippen LogP contribution in [-0.4, -0.2) is 11.9 Å². The first-order chi connectivity index (χ1) is 11.5. The van der Waals surface area contributed by atoms with Gasteiger partial charge < -0.3 is 5.32 Å². The molecule has 0 aromatic heterocycles. The van der Waals surface area contributed by atoms with Crippen molar-refractivity contribution in [3.8, 4) is 0 Å². The molecule has 3 heteroatoms. The van der Waals surface area contributed by atoms with E-state index in [1.165, 1.54) is 50.7 Å². The van der Waals surface area contributed by atoms with Crippen LogP contribution in [0.1, 0.15) is 57.4 Å². The van der Waals surface area contributed by atoms with E-state index < -0.39 is 0 Å². The monoisotopic (exact) mass is 329 g/mol. The lowest BCUT2D eigenvalue weighted by Crippen LogP contribution is -2.55. The largest absolute Gasteiger partial charge is 0.353 e. The van der Waals surface area contributed by atoms with Crippen LogP contribution in [0, 0.1) is 29.0 Å². The van der Waals surface area contributed by atoms with Gasteiger partial charge >= 0.3 is 0 Å². The van der Waals surface area contributed by atoms with Crippen molar-refractivity contribution in [2.45, 2.75) is 64.3 Å². The second-order valence-electron chi connectivity index (χ2n) is 8.70. The van der Waals surface area contributed by atoms with Crippen molar-refractivity contribution >= 4 is 5.91 Å². The molecule has 4 bridgehead atoms. The third-order valence-corrected chi connectivity index (χ3v) is 6.94. The minimum atomic E-state index is -0.223. The van der Waals surface area contributed by atoms with Gasteiger partial charge in [0, 0.05) is 12.5 Å². The van der Waals surface area contributed by atoms with E-state index in [4.69, 9.17) is 0 Å². The Morgan fingerprint density at radius 1 is 1.12 bits per heavy atom. The number of benzene rings is 1. The van der Waals surface area contributed by atoms with Gasteiger partial charge in [0.1, 0.15) is 5.82 Å². The Kier molecular flexibility index (Phi) is 4.14. The molecule has 4 aliphatic rings. The Hall–Kier alpha value is -1.38. The number of hydrogen-bond acceptors (Lipinski definition) is 1. The minimum Gasteiger partial charge on any atom is -0.353 e. The normalized spacial score (nSPS) is 35.0. The van der Waals surface area contributed by atoms with Crippen molar-refractivity contribution in [2.75, 3.05) is 0 Å². The smallest absolute Gasteiger partial charge is 0.220 e. The van der Waals surface area contributed by atoms with Crippen molar-refractivity contribution in [3.05, 3.63) is 35.6 Å². The van der Waals surface area contributed by atoms with Crippen LogP contribution in [0.25, 0.3) is 0 Å². The van der Waals surface area contributed by atoms with Crippen molar-refractivity contribution in [1.82, 2.24) is 5.32 Å². The number of halogens is 1. The maximum Gasteiger partial charge on any atom is 0.220 e. The van der Waals surface area contributed by atoms with Gasteiger partial charge in [0.15, 0.2) is 0 Å². The molecule has 1 atom stereocenters. The topological polar surface area (TPSA) is 29.1 Å². The van der Waals surface area contributed by atoms with E-state index in [-0.39, 0.29) is 17.8 Å². The summed E-state index contributed by atoms with van der Waals surface area (Å²) in [7, 11) is 0. The Labute approximate surface area is 144 Å². The molecule has 1 aromatic rings. The van der Waals surface area contributed by atoms with Crippen LogP contribution in [0.5, 0.6) is 0 Å². The molecule has 0 spiro atoms. The summed E-state index contributed by atoms with van der Waals surface area (Å²) in [5.74, 6) is 2.65. The first-order valence-corrected chi connectivity index (χ1v) is 9.56. The van der Waals surface area contributed by atoms with Gasteiger partial charge in [-0.2, -0.15) is 0 Å². The van der Waals surface area contributed by atoms with Crippen LogP contribution < -0.4 is 5.32 Å². The van der Waals surface area contributed by atoms with Gasteiger partial charge in [-0.15, -0.1) is 0 Å². The van der Waals surface area contributed by atoms with E-state index in [1.807, 2.05) is 0 Å². The van der Waals surface area contributed by atoms with Gasteiger partial charge in [-0.05, 0) is 92.7 Å². The molecule has 4 saturated carbocycles. The van der Waals surface area contributed by atoms with Gasteiger partial charge in [-0.1, -0.05) is 12.1 Å². The van der Waals surface area contributed by atoms with Gasteiger partial charge in [-0.25, -0.2) is 4.39 Å². The second-order valence-corrected chi connectivity index (χ2v) is 8.70. The zero-order valence-electron chi connectivity index (χ0n) is 14.6. The van der Waals surface area contributed by atoms with Crippen LogP contribution in [0.4, 0.5) is 4.39 Å². The lowest BCUT2D eigenvalue weighted by Gasteiger charge is -2.59. The molecular formula is C21H28FNO. The zero-order chi connectivity index (χ0) is 16.7. The summed E-state index contributed by atoms with van der Waals surface area (Å²) in [6, 6.07) is 6.75. The molecule has 0 saturated heterocycles. The molecule has 0 heterocycles. The van der Waals surface area contributed by atoms with Gasteiger partial charge in [0.25, 0.3) is 0 Å². The molecule has 1 amide bonds. The summed E-state index contributed by atoms with van der Waals surface area (Å²) < 4.78 is 12.9. The Morgan fingerprint density at radius 3 is 2.21 bits per heavy atom.